The SMILES string of the molecule is Cc1ccc(Oc2ccc(CNC(=O)C3CCCCC3C(=O)O)cc2)c(C)c1. The van der Waals surface area contributed by atoms with Crippen LogP contribution in [-0.4, -0.2) is 17.0 Å². The lowest BCUT2D eigenvalue weighted by molar-refractivity contribution is -0.148. The molecule has 2 aromatic carbocycles. The summed E-state index contributed by atoms with van der Waals surface area (Å²) in [5.74, 6) is -0.472. The zero-order chi connectivity index (χ0) is 20.1. The summed E-state index contributed by atoms with van der Waals surface area (Å²) in [6.07, 6.45) is 3.01. The topological polar surface area (TPSA) is 75.6 Å². The molecule has 0 aliphatic heterocycles. The molecule has 28 heavy (non-hydrogen) atoms. The van der Waals surface area contributed by atoms with E-state index in [0.29, 0.717) is 19.4 Å². The molecule has 1 saturated carbocycles. The summed E-state index contributed by atoms with van der Waals surface area (Å²) in [6.45, 7) is 4.44. The fourth-order valence-electron chi connectivity index (χ4n) is 3.78. The minimum absolute atomic E-state index is 0.164. The number of carboxylic acid groups (broad SMARTS) is 1. The first kappa shape index (κ1) is 19.9. The van der Waals surface area contributed by atoms with Gasteiger partial charge in [0.2, 0.25) is 5.91 Å². The van der Waals surface area contributed by atoms with Crippen molar-refractivity contribution in [2.24, 2.45) is 11.8 Å². The van der Waals surface area contributed by atoms with Crippen LogP contribution in [0, 0.1) is 25.7 Å². The molecule has 0 saturated heterocycles. The molecule has 0 bridgehead atoms. The summed E-state index contributed by atoms with van der Waals surface area (Å²) >= 11 is 0. The highest BCUT2D eigenvalue weighted by atomic mass is 16.5. The second-order valence-corrected chi connectivity index (χ2v) is 7.57. The van der Waals surface area contributed by atoms with Crippen LogP contribution in [0.1, 0.15) is 42.4 Å². The standard InChI is InChI=1S/C23H27NO4/c1-15-7-12-21(16(2)13-15)28-18-10-8-17(9-11-18)14-24-22(25)19-5-3-4-6-20(19)23(26)27/h7-13,19-20H,3-6,14H2,1-2H3,(H,24,25)(H,26,27). The van der Waals surface area contributed by atoms with E-state index in [-0.39, 0.29) is 5.91 Å². The van der Waals surface area contributed by atoms with E-state index in [1.165, 1.54) is 5.56 Å². The smallest absolute Gasteiger partial charge is 0.307 e. The van der Waals surface area contributed by atoms with Crippen LogP contribution in [-0.2, 0) is 16.1 Å². The third kappa shape index (κ3) is 4.91. The summed E-state index contributed by atoms with van der Waals surface area (Å²) < 4.78 is 5.93. The third-order valence-electron chi connectivity index (χ3n) is 5.37. The molecule has 0 spiro atoms. The molecule has 2 unspecified atom stereocenters. The predicted octanol–water partition coefficient (Wildman–Crippen LogP) is 4.60. The van der Waals surface area contributed by atoms with Crippen LogP contribution < -0.4 is 10.1 Å². The average Bonchev–Trinajstić information content (AvgIpc) is 2.69. The van der Waals surface area contributed by atoms with Crippen LogP contribution in [0.25, 0.3) is 0 Å². The van der Waals surface area contributed by atoms with E-state index in [9.17, 15) is 14.7 Å². The lowest BCUT2D eigenvalue weighted by atomic mass is 9.78. The lowest BCUT2D eigenvalue weighted by Gasteiger charge is -2.27. The normalized spacial score (nSPS) is 19.1. The van der Waals surface area contributed by atoms with Crippen molar-refractivity contribution in [3.05, 3.63) is 59.2 Å². The van der Waals surface area contributed by atoms with Crippen molar-refractivity contribution < 1.29 is 19.4 Å². The Morgan fingerprint density at radius 3 is 2.36 bits per heavy atom. The van der Waals surface area contributed by atoms with Gasteiger partial charge in [-0.15, -0.1) is 0 Å². The van der Waals surface area contributed by atoms with Gasteiger partial charge in [0, 0.05) is 6.54 Å². The Bertz CT molecular complexity index is 844. The van der Waals surface area contributed by atoms with Gasteiger partial charge < -0.3 is 15.2 Å². The maximum atomic E-state index is 12.5. The van der Waals surface area contributed by atoms with E-state index in [2.05, 4.69) is 11.4 Å². The predicted molar refractivity (Wildman–Crippen MR) is 107 cm³/mol. The molecule has 1 fully saturated rings. The van der Waals surface area contributed by atoms with E-state index in [1.807, 2.05) is 50.2 Å². The number of carbonyl (C=O) groups excluding carboxylic acids is 1. The van der Waals surface area contributed by atoms with E-state index in [0.717, 1.165) is 35.5 Å². The zero-order valence-corrected chi connectivity index (χ0v) is 16.4. The molecule has 1 amide bonds. The molecule has 0 heterocycles. The van der Waals surface area contributed by atoms with Crippen LogP contribution in [0.2, 0.25) is 0 Å². The van der Waals surface area contributed by atoms with Gasteiger partial charge in [-0.1, -0.05) is 42.7 Å². The number of carbonyl (C=O) groups is 2. The molecule has 1 aliphatic rings. The molecule has 2 atom stereocenters. The van der Waals surface area contributed by atoms with Crippen LogP contribution >= 0.6 is 0 Å². The first-order valence-corrected chi connectivity index (χ1v) is 9.78. The molecule has 5 heteroatoms. The largest absolute Gasteiger partial charge is 0.481 e. The Balaban J connectivity index is 1.56. The fraction of sp³-hybridized carbons (Fsp3) is 0.391. The number of carboxylic acids is 1. The number of ether oxygens (including phenoxy) is 1. The summed E-state index contributed by atoms with van der Waals surface area (Å²) in [4.78, 5) is 23.8. The summed E-state index contributed by atoms with van der Waals surface area (Å²) in [5.41, 5.74) is 3.22. The highest BCUT2D eigenvalue weighted by Crippen LogP contribution is 2.30. The second kappa shape index (κ2) is 8.91. The molecule has 5 nitrogen and oxygen atoms in total. The molecule has 1 aliphatic carbocycles. The van der Waals surface area contributed by atoms with Gasteiger partial charge in [0.15, 0.2) is 0 Å². The average molecular weight is 381 g/mol. The molecular formula is C23H27NO4. The van der Waals surface area contributed by atoms with Crippen LogP contribution in [0.3, 0.4) is 0 Å². The Morgan fingerprint density at radius 1 is 1.04 bits per heavy atom. The Morgan fingerprint density at radius 2 is 1.71 bits per heavy atom. The van der Waals surface area contributed by atoms with Crippen molar-refractivity contribution in [2.45, 2.75) is 46.1 Å². The van der Waals surface area contributed by atoms with Crippen molar-refractivity contribution in [2.75, 3.05) is 0 Å². The summed E-state index contributed by atoms with van der Waals surface area (Å²) in [6, 6.07) is 13.6. The van der Waals surface area contributed by atoms with Gasteiger partial charge >= 0.3 is 5.97 Å². The lowest BCUT2D eigenvalue weighted by Crippen LogP contribution is -2.39. The van der Waals surface area contributed by atoms with Gasteiger partial charge in [-0.25, -0.2) is 0 Å². The molecule has 148 valence electrons. The van der Waals surface area contributed by atoms with Crippen molar-refractivity contribution in [3.63, 3.8) is 0 Å². The fourth-order valence-corrected chi connectivity index (χ4v) is 3.78. The number of hydrogen-bond donors (Lipinski definition) is 2. The second-order valence-electron chi connectivity index (χ2n) is 7.57. The van der Waals surface area contributed by atoms with E-state index < -0.39 is 17.8 Å². The van der Waals surface area contributed by atoms with Gasteiger partial charge in [0.25, 0.3) is 0 Å². The number of benzene rings is 2. The number of aliphatic carboxylic acids is 1. The Kier molecular flexibility index (Phi) is 6.34. The van der Waals surface area contributed by atoms with Crippen LogP contribution in [0.15, 0.2) is 42.5 Å². The Labute approximate surface area is 165 Å². The maximum Gasteiger partial charge on any atom is 0.307 e. The first-order chi connectivity index (χ1) is 13.4. The molecule has 2 N–H and O–H groups in total. The zero-order valence-electron chi connectivity index (χ0n) is 16.4. The quantitative estimate of drug-likeness (QED) is 0.767. The van der Waals surface area contributed by atoms with Crippen molar-refractivity contribution in [1.29, 1.82) is 0 Å². The van der Waals surface area contributed by atoms with Crippen LogP contribution in [0.5, 0.6) is 11.5 Å². The molecule has 0 aromatic heterocycles. The third-order valence-corrected chi connectivity index (χ3v) is 5.37. The molecule has 2 aromatic rings. The van der Waals surface area contributed by atoms with Crippen molar-refractivity contribution in [1.82, 2.24) is 5.32 Å². The van der Waals surface area contributed by atoms with Gasteiger partial charge in [-0.3, -0.25) is 9.59 Å². The van der Waals surface area contributed by atoms with E-state index in [1.54, 1.807) is 0 Å². The summed E-state index contributed by atoms with van der Waals surface area (Å²) in [5, 5.41) is 12.2. The minimum Gasteiger partial charge on any atom is -0.481 e. The molecule has 3 rings (SSSR count). The number of amides is 1. The monoisotopic (exact) mass is 381 g/mol. The maximum absolute atomic E-state index is 12.5. The number of rotatable bonds is 6. The molecular weight excluding hydrogens is 354 g/mol. The number of hydrogen-bond acceptors (Lipinski definition) is 3. The molecule has 0 radical (unpaired) electrons. The van der Waals surface area contributed by atoms with Gasteiger partial charge in [-0.2, -0.15) is 0 Å². The summed E-state index contributed by atoms with van der Waals surface area (Å²) in [7, 11) is 0. The van der Waals surface area contributed by atoms with E-state index >= 15 is 0 Å². The number of aryl methyl sites for hydroxylation is 2. The van der Waals surface area contributed by atoms with Gasteiger partial charge in [-0.05, 0) is 56.0 Å². The number of nitrogens with one attached hydrogen (secondary N) is 1. The van der Waals surface area contributed by atoms with E-state index in [4.69, 9.17) is 4.74 Å². The van der Waals surface area contributed by atoms with Gasteiger partial charge in [0.1, 0.15) is 11.5 Å². The minimum atomic E-state index is -0.868. The first-order valence-electron chi connectivity index (χ1n) is 9.78. The van der Waals surface area contributed by atoms with Crippen molar-refractivity contribution >= 4 is 11.9 Å². The highest BCUT2D eigenvalue weighted by Gasteiger charge is 2.35. The van der Waals surface area contributed by atoms with Gasteiger partial charge in [0.05, 0.1) is 11.8 Å². The Hall–Kier alpha value is -2.82. The van der Waals surface area contributed by atoms with Crippen LogP contribution in [0.4, 0.5) is 0 Å². The highest BCUT2D eigenvalue weighted by molar-refractivity contribution is 5.84. The van der Waals surface area contributed by atoms with Crippen molar-refractivity contribution in [3.8, 4) is 11.5 Å².